The van der Waals surface area contributed by atoms with Crippen LogP contribution >= 0.6 is 15.2 Å². The molecule has 204 valence electrons. The van der Waals surface area contributed by atoms with Crippen LogP contribution in [0.4, 0.5) is 0 Å². The largest absolute Gasteiger partial charge is 0.465 e. The first-order chi connectivity index (χ1) is 16.2. The van der Waals surface area contributed by atoms with E-state index in [1.165, 1.54) is 58.3 Å². The average molecular weight is 529 g/mol. The zero-order valence-corrected chi connectivity index (χ0v) is 23.5. The van der Waals surface area contributed by atoms with Crippen LogP contribution in [0.15, 0.2) is 0 Å². The molecule has 10 heteroatoms. The van der Waals surface area contributed by atoms with E-state index in [-0.39, 0.29) is 19.8 Å². The van der Waals surface area contributed by atoms with Crippen LogP contribution in [0.3, 0.4) is 0 Å². The van der Waals surface area contributed by atoms with Crippen LogP contribution < -0.4 is 0 Å². The van der Waals surface area contributed by atoms with Crippen molar-refractivity contribution in [1.29, 1.82) is 0 Å². The summed E-state index contributed by atoms with van der Waals surface area (Å²) in [5.41, 5.74) is 0. The fourth-order valence-electron chi connectivity index (χ4n) is 3.67. The molecule has 0 saturated heterocycles. The molecule has 0 heterocycles. The van der Waals surface area contributed by atoms with E-state index in [1.54, 1.807) is 0 Å². The molecule has 0 aliphatic heterocycles. The van der Waals surface area contributed by atoms with Crippen LogP contribution in [0.5, 0.6) is 0 Å². The second-order valence-electron chi connectivity index (χ2n) is 8.87. The van der Waals surface area contributed by atoms with Crippen LogP contribution in [-0.2, 0) is 27.7 Å². The predicted molar refractivity (Wildman–Crippen MR) is 137 cm³/mol. The summed E-state index contributed by atoms with van der Waals surface area (Å²) in [5, 5.41) is -2.25. The van der Waals surface area contributed by atoms with E-state index in [0.717, 1.165) is 38.5 Å². The van der Waals surface area contributed by atoms with Crippen LogP contribution in [0.2, 0.25) is 0 Å². The Labute approximate surface area is 207 Å². The van der Waals surface area contributed by atoms with Crippen molar-refractivity contribution in [3.05, 3.63) is 0 Å². The van der Waals surface area contributed by atoms with Gasteiger partial charge in [-0.2, -0.15) is 0 Å². The highest BCUT2D eigenvalue weighted by molar-refractivity contribution is 7.73. The first-order valence-electron chi connectivity index (χ1n) is 13.3. The summed E-state index contributed by atoms with van der Waals surface area (Å²) in [7, 11) is -9.54. The molecule has 0 bridgehead atoms. The van der Waals surface area contributed by atoms with E-state index in [9.17, 15) is 23.7 Å². The SMILES string of the molecule is CCCCCCCCCCOP(=O)(O)C(C(=O)OCC)P(=O)(O)OCCCCCCCCCC. The zero-order valence-electron chi connectivity index (χ0n) is 21.8. The van der Waals surface area contributed by atoms with Crippen molar-refractivity contribution in [2.24, 2.45) is 0 Å². The maximum Gasteiger partial charge on any atom is 0.354 e. The molecule has 0 aliphatic carbocycles. The van der Waals surface area contributed by atoms with Gasteiger partial charge in [0.05, 0.1) is 19.8 Å². The van der Waals surface area contributed by atoms with Crippen molar-refractivity contribution >= 4 is 21.2 Å². The lowest BCUT2D eigenvalue weighted by atomic mass is 10.1. The lowest BCUT2D eigenvalue weighted by Crippen LogP contribution is -2.26. The molecule has 8 nitrogen and oxygen atoms in total. The summed E-state index contributed by atoms with van der Waals surface area (Å²) in [6.07, 6.45) is 16.5. The minimum atomic E-state index is -4.77. The molecule has 0 rings (SSSR count). The van der Waals surface area contributed by atoms with Gasteiger partial charge in [0, 0.05) is 0 Å². The lowest BCUT2D eigenvalue weighted by Gasteiger charge is -2.24. The molecule has 2 N–H and O–H groups in total. The average Bonchev–Trinajstić information content (AvgIpc) is 2.76. The number of esters is 1. The van der Waals surface area contributed by atoms with E-state index in [2.05, 4.69) is 13.8 Å². The Morgan fingerprint density at radius 3 is 1.26 bits per heavy atom. The molecule has 0 aromatic carbocycles. The Kier molecular flexibility index (Phi) is 20.8. The second kappa shape index (κ2) is 20.9. The maximum absolute atomic E-state index is 12.8. The van der Waals surface area contributed by atoms with Crippen LogP contribution in [0.25, 0.3) is 0 Å². The molecule has 0 spiro atoms. The summed E-state index contributed by atoms with van der Waals surface area (Å²) < 4.78 is 40.5. The van der Waals surface area contributed by atoms with E-state index >= 15 is 0 Å². The second-order valence-corrected chi connectivity index (χ2v) is 13.1. The Morgan fingerprint density at radius 2 is 0.941 bits per heavy atom. The third kappa shape index (κ3) is 16.4. The van der Waals surface area contributed by atoms with Gasteiger partial charge < -0.3 is 23.6 Å². The van der Waals surface area contributed by atoms with E-state index < -0.39 is 26.6 Å². The van der Waals surface area contributed by atoms with Crippen molar-refractivity contribution < 1.29 is 37.5 Å². The fraction of sp³-hybridized carbons (Fsp3) is 0.958. The van der Waals surface area contributed by atoms with Crippen molar-refractivity contribution in [1.82, 2.24) is 0 Å². The highest BCUT2D eigenvalue weighted by atomic mass is 31.2. The van der Waals surface area contributed by atoms with Gasteiger partial charge in [-0.3, -0.25) is 13.9 Å². The van der Waals surface area contributed by atoms with Crippen molar-refractivity contribution in [3.8, 4) is 0 Å². The summed E-state index contributed by atoms with van der Waals surface area (Å²) in [6.45, 7) is 5.61. The molecule has 34 heavy (non-hydrogen) atoms. The summed E-state index contributed by atoms with van der Waals surface area (Å²) in [4.78, 5) is 33.1. The minimum Gasteiger partial charge on any atom is -0.465 e. The minimum absolute atomic E-state index is 0.0727. The molecule has 0 aliphatic rings. The Hall–Kier alpha value is -0.230. The van der Waals surface area contributed by atoms with Gasteiger partial charge in [-0.1, -0.05) is 104 Å². The number of hydrogen-bond acceptors (Lipinski definition) is 6. The Balaban J connectivity index is 4.56. The quantitative estimate of drug-likeness (QED) is 0.0748. The van der Waals surface area contributed by atoms with Gasteiger partial charge in [-0.25, -0.2) is 0 Å². The van der Waals surface area contributed by atoms with Gasteiger partial charge in [0.1, 0.15) is 0 Å². The fourth-order valence-corrected chi connectivity index (χ4v) is 7.29. The van der Waals surface area contributed by atoms with Gasteiger partial charge in [0.15, 0.2) is 0 Å². The van der Waals surface area contributed by atoms with Gasteiger partial charge in [-0.15, -0.1) is 0 Å². The van der Waals surface area contributed by atoms with Gasteiger partial charge >= 0.3 is 21.2 Å². The highest BCUT2D eigenvalue weighted by Gasteiger charge is 2.53. The smallest absolute Gasteiger partial charge is 0.354 e. The standard InChI is InChI=1S/C24H50O8P2/c1-4-7-9-11-13-15-17-19-21-31-33(26,27)24(23(25)30-6-3)34(28,29)32-22-20-18-16-14-12-10-8-5-2/h24H,4-22H2,1-3H3,(H,26,27)(H,28,29). The number of ether oxygens (including phenoxy) is 1. The van der Waals surface area contributed by atoms with Crippen LogP contribution in [0.1, 0.15) is 124 Å². The normalized spacial score (nSPS) is 16.0. The van der Waals surface area contributed by atoms with Crippen LogP contribution in [-0.4, -0.2) is 41.0 Å². The topological polar surface area (TPSA) is 119 Å². The lowest BCUT2D eigenvalue weighted by molar-refractivity contribution is -0.141. The zero-order chi connectivity index (χ0) is 25.7. The van der Waals surface area contributed by atoms with E-state index in [1.807, 2.05) is 0 Å². The molecule has 2 unspecified atom stereocenters. The molecule has 0 amide bonds. The number of hydrogen-bond donors (Lipinski definition) is 2. The summed E-state index contributed by atoms with van der Waals surface area (Å²) in [5.74, 6) is -1.24. The van der Waals surface area contributed by atoms with Crippen molar-refractivity contribution in [2.75, 3.05) is 19.8 Å². The molecule has 2 atom stereocenters. The number of unbranched alkanes of at least 4 members (excludes halogenated alkanes) is 14. The molecular weight excluding hydrogens is 478 g/mol. The molecule has 0 saturated carbocycles. The number of rotatable bonds is 24. The number of carbonyl (C=O) groups is 1. The summed E-state index contributed by atoms with van der Waals surface area (Å²) >= 11 is 0. The first-order valence-corrected chi connectivity index (χ1v) is 16.6. The van der Waals surface area contributed by atoms with Crippen LogP contribution in [0, 0.1) is 0 Å². The first kappa shape index (κ1) is 33.8. The van der Waals surface area contributed by atoms with Crippen molar-refractivity contribution in [3.63, 3.8) is 0 Å². The highest BCUT2D eigenvalue weighted by Crippen LogP contribution is 2.65. The molecule has 0 aromatic rings. The Bertz CT molecular complexity index is 558. The van der Waals surface area contributed by atoms with Gasteiger partial charge in [-0.05, 0) is 19.8 Å². The summed E-state index contributed by atoms with van der Waals surface area (Å²) in [6, 6.07) is 0. The third-order valence-electron chi connectivity index (χ3n) is 5.66. The predicted octanol–water partition coefficient (Wildman–Crippen LogP) is 7.56. The third-order valence-corrected chi connectivity index (χ3v) is 10.2. The molecule has 0 aromatic heterocycles. The Morgan fingerprint density at radius 1 is 0.618 bits per heavy atom. The maximum atomic E-state index is 12.8. The molecule has 0 fully saturated rings. The van der Waals surface area contributed by atoms with E-state index in [4.69, 9.17) is 13.8 Å². The van der Waals surface area contributed by atoms with E-state index in [0.29, 0.717) is 12.8 Å². The van der Waals surface area contributed by atoms with Gasteiger partial charge in [0.2, 0.25) is 0 Å². The van der Waals surface area contributed by atoms with Crippen molar-refractivity contribution in [2.45, 2.75) is 129 Å². The monoisotopic (exact) mass is 528 g/mol. The number of carbonyl (C=O) groups excluding carboxylic acids is 1. The molecular formula is C24H50O8P2. The molecule has 0 radical (unpaired) electrons. The van der Waals surface area contributed by atoms with Gasteiger partial charge in [0.25, 0.3) is 5.40 Å².